The van der Waals surface area contributed by atoms with Crippen molar-refractivity contribution in [3.05, 3.63) is 58.5 Å². The summed E-state index contributed by atoms with van der Waals surface area (Å²) in [4.78, 5) is 0. The summed E-state index contributed by atoms with van der Waals surface area (Å²) < 4.78 is 3.45. The largest absolute Gasteiger partial charge is 0.275 e. The van der Waals surface area contributed by atoms with Crippen molar-refractivity contribution in [3.8, 4) is 5.69 Å². The van der Waals surface area contributed by atoms with Crippen LogP contribution in [0.2, 0.25) is 10.0 Å². The average Bonchev–Trinajstić information content (AvgIpc) is 3.20. The summed E-state index contributed by atoms with van der Waals surface area (Å²) in [7, 11) is 0. The van der Waals surface area contributed by atoms with Gasteiger partial charge in [0.1, 0.15) is 0 Å². The van der Waals surface area contributed by atoms with E-state index in [1.807, 2.05) is 30.3 Å². The molecule has 0 aliphatic heterocycles. The lowest BCUT2D eigenvalue weighted by atomic mass is 10.3. The summed E-state index contributed by atoms with van der Waals surface area (Å²) in [6, 6.07) is 11.3. The average molecular weight is 378 g/mol. The van der Waals surface area contributed by atoms with Crippen molar-refractivity contribution < 1.29 is 0 Å². The molecule has 10 heteroatoms. The number of fused-ring (bicyclic) bond motifs is 1. The second-order valence-corrected chi connectivity index (χ2v) is 6.60. The molecule has 4 aromatic rings. The molecule has 0 atom stereocenters. The second kappa shape index (κ2) is 6.39. The van der Waals surface area contributed by atoms with Gasteiger partial charge in [-0.15, -0.1) is 15.3 Å². The highest BCUT2D eigenvalue weighted by Crippen LogP contribution is 2.26. The molecule has 24 heavy (non-hydrogen) atoms. The second-order valence-electron chi connectivity index (χ2n) is 4.81. The number of benzene rings is 1. The van der Waals surface area contributed by atoms with Gasteiger partial charge in [-0.2, -0.15) is 4.68 Å². The zero-order valence-corrected chi connectivity index (χ0v) is 14.4. The van der Waals surface area contributed by atoms with Crippen LogP contribution >= 0.6 is 35.0 Å². The van der Waals surface area contributed by atoms with E-state index < -0.39 is 0 Å². The van der Waals surface area contributed by atoms with Crippen LogP contribution in [0.1, 0.15) is 5.82 Å². The Hall–Kier alpha value is -2.16. The summed E-state index contributed by atoms with van der Waals surface area (Å²) >= 11 is 13.6. The Morgan fingerprint density at radius 3 is 2.71 bits per heavy atom. The van der Waals surface area contributed by atoms with Gasteiger partial charge in [0, 0.05) is 6.20 Å². The third kappa shape index (κ3) is 2.83. The molecule has 3 aromatic heterocycles. The van der Waals surface area contributed by atoms with Crippen molar-refractivity contribution >= 4 is 40.6 Å². The highest BCUT2D eigenvalue weighted by molar-refractivity contribution is 7.98. The molecular formula is C14H9Cl2N7S. The number of para-hydroxylation sites is 1. The number of aromatic nitrogens is 7. The van der Waals surface area contributed by atoms with Crippen LogP contribution in [0.25, 0.3) is 11.3 Å². The molecule has 0 radical (unpaired) electrons. The molecule has 0 N–H and O–H groups in total. The lowest BCUT2D eigenvalue weighted by molar-refractivity contribution is 0.777. The molecule has 0 saturated carbocycles. The van der Waals surface area contributed by atoms with Gasteiger partial charge in [-0.25, -0.2) is 0 Å². The third-order valence-corrected chi connectivity index (χ3v) is 4.68. The molecule has 7 nitrogen and oxygen atoms in total. The fourth-order valence-corrected chi connectivity index (χ4v) is 3.52. The van der Waals surface area contributed by atoms with Crippen LogP contribution in [0.5, 0.6) is 0 Å². The first kappa shape index (κ1) is 15.4. The van der Waals surface area contributed by atoms with Crippen LogP contribution in [0, 0.1) is 0 Å². The normalized spacial score (nSPS) is 11.2. The lowest BCUT2D eigenvalue weighted by Crippen LogP contribution is -2.02. The van der Waals surface area contributed by atoms with Gasteiger partial charge in [-0.05, 0) is 28.6 Å². The molecule has 0 aliphatic carbocycles. The maximum absolute atomic E-state index is 6.13. The summed E-state index contributed by atoms with van der Waals surface area (Å²) in [6.07, 6.45) is 1.73. The minimum absolute atomic E-state index is 0.455. The molecule has 0 amide bonds. The summed E-state index contributed by atoms with van der Waals surface area (Å²) in [5.74, 6) is 1.23. The molecule has 120 valence electrons. The summed E-state index contributed by atoms with van der Waals surface area (Å²) in [6.45, 7) is 0. The Balaban J connectivity index is 1.62. The fourth-order valence-electron chi connectivity index (χ4n) is 2.20. The molecule has 0 aliphatic rings. The van der Waals surface area contributed by atoms with Crippen LogP contribution < -0.4 is 0 Å². The van der Waals surface area contributed by atoms with Gasteiger partial charge in [0.25, 0.3) is 0 Å². The van der Waals surface area contributed by atoms with Gasteiger partial charge in [0.2, 0.25) is 0 Å². The van der Waals surface area contributed by atoms with Crippen molar-refractivity contribution in [2.45, 2.75) is 10.9 Å². The molecule has 0 saturated heterocycles. The van der Waals surface area contributed by atoms with E-state index in [4.69, 9.17) is 23.2 Å². The number of halogens is 2. The Morgan fingerprint density at radius 1 is 1.04 bits per heavy atom. The molecule has 1 aromatic carbocycles. The zero-order chi connectivity index (χ0) is 16.5. The van der Waals surface area contributed by atoms with Crippen molar-refractivity contribution in [1.82, 2.24) is 34.8 Å². The van der Waals surface area contributed by atoms with Crippen molar-refractivity contribution in [1.29, 1.82) is 0 Å². The predicted octanol–water partition coefficient (Wildman–Crippen LogP) is 3.30. The number of rotatable bonds is 4. The van der Waals surface area contributed by atoms with Gasteiger partial charge < -0.3 is 0 Å². The number of pyridine rings is 1. The molecule has 4 rings (SSSR count). The van der Waals surface area contributed by atoms with Crippen molar-refractivity contribution in [3.63, 3.8) is 0 Å². The Morgan fingerprint density at radius 2 is 1.88 bits per heavy atom. The first-order valence-electron chi connectivity index (χ1n) is 6.87. The highest BCUT2D eigenvalue weighted by Gasteiger charge is 2.13. The first-order chi connectivity index (χ1) is 11.7. The van der Waals surface area contributed by atoms with Gasteiger partial charge in [-0.1, -0.05) is 53.2 Å². The molecule has 0 spiro atoms. The summed E-state index contributed by atoms with van der Waals surface area (Å²) in [5.41, 5.74) is 1.46. The van der Waals surface area contributed by atoms with Crippen molar-refractivity contribution in [2.75, 3.05) is 0 Å². The van der Waals surface area contributed by atoms with E-state index in [9.17, 15) is 0 Å². The van der Waals surface area contributed by atoms with Gasteiger partial charge in [0.15, 0.2) is 16.6 Å². The fraction of sp³-hybridized carbons (Fsp3) is 0.0714. The Labute approximate surface area is 150 Å². The maximum atomic E-state index is 6.13. The number of hydrogen-bond donors (Lipinski definition) is 0. The van der Waals surface area contributed by atoms with Gasteiger partial charge in [0.05, 0.1) is 21.5 Å². The first-order valence-corrected chi connectivity index (χ1v) is 8.62. The van der Waals surface area contributed by atoms with E-state index >= 15 is 0 Å². The van der Waals surface area contributed by atoms with Crippen LogP contribution in [-0.4, -0.2) is 34.8 Å². The van der Waals surface area contributed by atoms with E-state index in [1.54, 1.807) is 21.3 Å². The van der Waals surface area contributed by atoms with Crippen molar-refractivity contribution in [2.24, 2.45) is 0 Å². The van der Waals surface area contributed by atoms with E-state index in [0.29, 0.717) is 32.4 Å². The van der Waals surface area contributed by atoms with Crippen LogP contribution in [-0.2, 0) is 5.75 Å². The summed E-state index contributed by atoms with van der Waals surface area (Å²) in [5, 5.41) is 21.7. The zero-order valence-electron chi connectivity index (χ0n) is 12.0. The smallest absolute Gasteiger partial charge is 0.196 e. The van der Waals surface area contributed by atoms with Crippen LogP contribution in [0.3, 0.4) is 0 Å². The third-order valence-electron chi connectivity index (χ3n) is 3.26. The molecular weight excluding hydrogens is 369 g/mol. The minimum Gasteiger partial charge on any atom is -0.275 e. The van der Waals surface area contributed by atoms with Crippen LogP contribution in [0.15, 0.2) is 47.8 Å². The molecule has 0 unspecified atom stereocenters. The van der Waals surface area contributed by atoms with E-state index in [0.717, 1.165) is 5.69 Å². The van der Waals surface area contributed by atoms with E-state index in [2.05, 4.69) is 25.7 Å². The standard InChI is InChI=1S/C14H9Cl2N7S/c15-9-6-11(16)13-18-19-14(22(13)7-9)24-8-12-17-20-21-23(12)10-4-2-1-3-5-10/h1-7H,8H2. The number of thioether (sulfide) groups is 1. The number of nitrogens with zero attached hydrogens (tertiary/aromatic N) is 7. The lowest BCUT2D eigenvalue weighted by Gasteiger charge is -2.04. The van der Waals surface area contributed by atoms with Crippen LogP contribution in [0.4, 0.5) is 0 Å². The monoisotopic (exact) mass is 377 g/mol. The van der Waals surface area contributed by atoms with Gasteiger partial charge >= 0.3 is 0 Å². The van der Waals surface area contributed by atoms with Gasteiger partial charge in [-0.3, -0.25) is 4.40 Å². The molecule has 0 bridgehead atoms. The Bertz CT molecular complexity index is 999. The number of tetrazole rings is 1. The highest BCUT2D eigenvalue weighted by atomic mass is 35.5. The number of hydrogen-bond acceptors (Lipinski definition) is 6. The quantitative estimate of drug-likeness (QED) is 0.508. The van der Waals surface area contributed by atoms with E-state index in [1.165, 1.54) is 11.8 Å². The maximum Gasteiger partial charge on any atom is 0.196 e. The Kier molecular flexibility index (Phi) is 4.09. The predicted molar refractivity (Wildman–Crippen MR) is 91.7 cm³/mol. The molecule has 0 fully saturated rings. The SMILES string of the molecule is Clc1cc(Cl)c2nnc(SCc3nnnn3-c3ccccc3)n2c1. The topological polar surface area (TPSA) is 73.8 Å². The van der Waals surface area contributed by atoms with E-state index in [-0.39, 0.29) is 0 Å². The minimum atomic E-state index is 0.455. The molecule has 3 heterocycles.